The number of carbonyl (C=O) groups excluding carboxylic acids is 2. The number of ketones is 1. The van der Waals surface area contributed by atoms with Gasteiger partial charge in [0, 0.05) is 30.8 Å². The number of rotatable bonds is 1. The van der Waals surface area contributed by atoms with E-state index >= 15 is 0 Å². The Labute approximate surface area is 110 Å². The van der Waals surface area contributed by atoms with E-state index in [4.69, 9.17) is 4.74 Å². The number of piperidine rings is 1. The van der Waals surface area contributed by atoms with Crippen LogP contribution < -0.4 is 0 Å². The van der Waals surface area contributed by atoms with Gasteiger partial charge in [-0.15, -0.1) is 0 Å². The topological polar surface area (TPSA) is 62.4 Å². The number of methoxy groups -OCH3 is 1. The van der Waals surface area contributed by atoms with Gasteiger partial charge in [-0.3, -0.25) is 4.79 Å². The molecule has 1 saturated heterocycles. The molecule has 0 radical (unpaired) electrons. The monoisotopic (exact) mass is 258 g/mol. The molecule has 0 bridgehead atoms. The van der Waals surface area contributed by atoms with Gasteiger partial charge < -0.3 is 14.6 Å². The van der Waals surface area contributed by atoms with Crippen LogP contribution in [-0.4, -0.2) is 42.3 Å². The maximum atomic E-state index is 12.2. The molecular weight excluding hydrogens is 244 g/mol. The summed E-state index contributed by atoms with van der Waals surface area (Å²) < 4.78 is 4.72. The average Bonchev–Trinajstić information content (AvgIpc) is 2.80. The highest BCUT2D eigenvalue weighted by Crippen LogP contribution is 2.66. The molecule has 2 aliphatic carbocycles. The normalized spacial score (nSPS) is 30.4. The van der Waals surface area contributed by atoms with Crippen LogP contribution >= 0.6 is 0 Å². The number of aromatic nitrogens is 1. The molecule has 19 heavy (non-hydrogen) atoms. The number of carbonyl (C=O) groups is 2. The standard InChI is InChI=1S/C14H14N2O3/c1-16-6-7-5-14(7)8-3-9(13(18)19-2)15-12(8)10(17)4-11(14)16/h3-4,7,15H,5-6H2,1-2H3/t7-,14?/m1/s1. The third kappa shape index (κ3) is 1.11. The van der Waals surface area contributed by atoms with Gasteiger partial charge in [-0.1, -0.05) is 0 Å². The SMILES string of the molecule is COC(=O)c1cc2c([nH]1)C(=O)C=C1N(C)C[C@H]3CC123. The number of ether oxygens (including phenoxy) is 1. The number of aromatic amines is 1. The molecule has 5 heteroatoms. The molecule has 1 N–H and O–H groups in total. The summed E-state index contributed by atoms with van der Waals surface area (Å²) in [4.78, 5) is 28.9. The number of esters is 1. The van der Waals surface area contributed by atoms with E-state index in [1.165, 1.54) is 7.11 Å². The summed E-state index contributed by atoms with van der Waals surface area (Å²) in [7, 11) is 3.36. The zero-order valence-electron chi connectivity index (χ0n) is 10.8. The number of fused-ring (bicyclic) bond motifs is 1. The lowest BCUT2D eigenvalue weighted by molar-refractivity contribution is 0.0595. The molecule has 0 aromatic carbocycles. The van der Waals surface area contributed by atoms with Gasteiger partial charge in [0.25, 0.3) is 0 Å². The van der Waals surface area contributed by atoms with Crippen LogP contribution in [0.15, 0.2) is 17.8 Å². The highest BCUT2D eigenvalue weighted by atomic mass is 16.5. The van der Waals surface area contributed by atoms with Crippen molar-refractivity contribution in [3.63, 3.8) is 0 Å². The summed E-state index contributed by atoms with van der Waals surface area (Å²) in [6.45, 7) is 0.983. The van der Waals surface area contributed by atoms with Crippen molar-refractivity contribution >= 4 is 11.8 Å². The van der Waals surface area contributed by atoms with Crippen LogP contribution in [0.1, 0.15) is 33.0 Å². The fourth-order valence-electron chi connectivity index (χ4n) is 3.76. The van der Waals surface area contributed by atoms with Crippen LogP contribution in [0.25, 0.3) is 0 Å². The van der Waals surface area contributed by atoms with Gasteiger partial charge in [-0.2, -0.15) is 0 Å². The predicted molar refractivity (Wildman–Crippen MR) is 67.0 cm³/mol. The van der Waals surface area contributed by atoms with Crippen LogP contribution in [0.4, 0.5) is 0 Å². The fraction of sp³-hybridized carbons (Fsp3) is 0.429. The Hall–Kier alpha value is -2.04. The molecule has 4 rings (SSSR count). The molecule has 2 atom stereocenters. The quantitative estimate of drug-likeness (QED) is 0.766. The van der Waals surface area contributed by atoms with Crippen LogP contribution in [0.5, 0.6) is 0 Å². The summed E-state index contributed by atoms with van der Waals surface area (Å²) in [5.41, 5.74) is 2.98. The molecule has 1 spiro atoms. The first kappa shape index (κ1) is 10.8. The van der Waals surface area contributed by atoms with E-state index in [0.29, 0.717) is 17.3 Å². The zero-order chi connectivity index (χ0) is 13.4. The molecule has 2 fully saturated rings. The third-order valence-corrected chi connectivity index (χ3v) is 4.69. The molecule has 98 valence electrons. The molecule has 1 unspecified atom stereocenters. The molecule has 3 aliphatic rings. The van der Waals surface area contributed by atoms with Gasteiger partial charge in [0.05, 0.1) is 12.8 Å². The molecule has 2 heterocycles. The Kier molecular flexibility index (Phi) is 1.77. The van der Waals surface area contributed by atoms with E-state index in [1.54, 1.807) is 12.1 Å². The number of allylic oxidation sites excluding steroid dienone is 2. The summed E-state index contributed by atoms with van der Waals surface area (Å²) in [5, 5.41) is 0. The highest BCUT2D eigenvalue weighted by Gasteiger charge is 2.66. The largest absolute Gasteiger partial charge is 0.464 e. The molecule has 1 aliphatic heterocycles. The van der Waals surface area contributed by atoms with E-state index in [1.807, 2.05) is 7.05 Å². The van der Waals surface area contributed by atoms with Crippen LogP contribution in [0, 0.1) is 5.92 Å². The van der Waals surface area contributed by atoms with E-state index < -0.39 is 5.97 Å². The maximum Gasteiger partial charge on any atom is 0.354 e. The Bertz CT molecular complexity index is 658. The second kappa shape index (κ2) is 3.10. The molecular formula is C14H14N2O3. The molecule has 1 saturated carbocycles. The summed E-state index contributed by atoms with van der Waals surface area (Å²) in [6, 6.07) is 1.80. The Balaban J connectivity index is 1.89. The van der Waals surface area contributed by atoms with Crippen LogP contribution in [0.3, 0.4) is 0 Å². The van der Waals surface area contributed by atoms with E-state index in [-0.39, 0.29) is 11.2 Å². The van der Waals surface area contributed by atoms with Gasteiger partial charge in [0.2, 0.25) is 5.78 Å². The summed E-state index contributed by atoms with van der Waals surface area (Å²) in [5.74, 6) is 0.0887. The van der Waals surface area contributed by atoms with Gasteiger partial charge in [-0.05, 0) is 24.0 Å². The van der Waals surface area contributed by atoms with Crippen molar-refractivity contribution in [2.75, 3.05) is 20.7 Å². The van der Waals surface area contributed by atoms with Gasteiger partial charge >= 0.3 is 5.97 Å². The van der Waals surface area contributed by atoms with E-state index in [9.17, 15) is 9.59 Å². The number of likely N-dealkylation sites (tertiary alicyclic amines) is 1. The van der Waals surface area contributed by atoms with Crippen molar-refractivity contribution in [2.24, 2.45) is 5.92 Å². The summed E-state index contributed by atoms with van der Waals surface area (Å²) >= 11 is 0. The van der Waals surface area contributed by atoms with Crippen molar-refractivity contribution in [3.8, 4) is 0 Å². The number of likely N-dealkylation sites (N-methyl/N-ethyl adjacent to an activating group) is 1. The Morgan fingerprint density at radius 1 is 1.58 bits per heavy atom. The number of hydrogen-bond acceptors (Lipinski definition) is 4. The molecule has 1 aromatic rings. The average molecular weight is 258 g/mol. The van der Waals surface area contributed by atoms with Crippen molar-refractivity contribution in [1.29, 1.82) is 0 Å². The van der Waals surface area contributed by atoms with E-state index in [2.05, 4.69) is 9.88 Å². The zero-order valence-corrected chi connectivity index (χ0v) is 10.8. The number of nitrogens with zero attached hydrogens (tertiary/aromatic N) is 1. The third-order valence-electron chi connectivity index (χ3n) is 4.69. The minimum Gasteiger partial charge on any atom is -0.464 e. The Morgan fingerprint density at radius 3 is 3.11 bits per heavy atom. The first-order valence-corrected chi connectivity index (χ1v) is 6.37. The first-order chi connectivity index (χ1) is 9.07. The maximum absolute atomic E-state index is 12.2. The smallest absolute Gasteiger partial charge is 0.354 e. The lowest BCUT2D eigenvalue weighted by Crippen LogP contribution is -2.25. The first-order valence-electron chi connectivity index (χ1n) is 6.37. The predicted octanol–water partition coefficient (Wildman–Crippen LogP) is 1.08. The molecule has 1 aromatic heterocycles. The lowest BCUT2D eigenvalue weighted by atomic mass is 9.85. The lowest BCUT2D eigenvalue weighted by Gasteiger charge is -2.25. The van der Waals surface area contributed by atoms with Crippen LogP contribution in [-0.2, 0) is 10.2 Å². The minimum atomic E-state index is -0.427. The van der Waals surface area contributed by atoms with Gasteiger partial charge in [-0.25, -0.2) is 4.79 Å². The van der Waals surface area contributed by atoms with Gasteiger partial charge in [0.15, 0.2) is 0 Å². The molecule has 5 nitrogen and oxygen atoms in total. The Morgan fingerprint density at radius 2 is 2.37 bits per heavy atom. The van der Waals surface area contributed by atoms with Crippen molar-refractivity contribution in [2.45, 2.75) is 11.8 Å². The number of H-pyrrole nitrogens is 1. The van der Waals surface area contributed by atoms with Gasteiger partial charge in [0.1, 0.15) is 5.69 Å². The minimum absolute atomic E-state index is 0.0270. The fourth-order valence-corrected chi connectivity index (χ4v) is 3.76. The number of nitrogens with one attached hydrogen (secondary N) is 1. The van der Waals surface area contributed by atoms with Crippen LogP contribution in [0.2, 0.25) is 0 Å². The van der Waals surface area contributed by atoms with Crippen molar-refractivity contribution < 1.29 is 14.3 Å². The highest BCUT2D eigenvalue weighted by molar-refractivity contribution is 6.08. The van der Waals surface area contributed by atoms with E-state index in [0.717, 1.165) is 24.2 Å². The summed E-state index contributed by atoms with van der Waals surface area (Å²) in [6.07, 6.45) is 2.79. The van der Waals surface area contributed by atoms with Crippen molar-refractivity contribution in [3.05, 3.63) is 34.8 Å². The number of hydrogen-bond donors (Lipinski definition) is 1. The van der Waals surface area contributed by atoms with Crippen molar-refractivity contribution in [1.82, 2.24) is 9.88 Å². The second-order valence-electron chi connectivity index (χ2n) is 5.61. The second-order valence-corrected chi connectivity index (χ2v) is 5.61. The molecule has 0 amide bonds.